The van der Waals surface area contributed by atoms with Gasteiger partial charge >= 0.3 is 0 Å². The Morgan fingerprint density at radius 3 is 2.35 bits per heavy atom. The third-order valence-corrected chi connectivity index (χ3v) is 5.89. The van der Waals surface area contributed by atoms with Gasteiger partial charge in [0.25, 0.3) is 0 Å². The van der Waals surface area contributed by atoms with Crippen molar-refractivity contribution in [2.75, 3.05) is 18.8 Å². The molecule has 1 aliphatic rings. The quantitative estimate of drug-likeness (QED) is 0.338. The van der Waals surface area contributed by atoms with Gasteiger partial charge in [-0.05, 0) is 68.6 Å². The van der Waals surface area contributed by atoms with Crippen molar-refractivity contribution in [3.05, 3.63) is 89.0 Å². The van der Waals surface area contributed by atoms with E-state index in [4.69, 9.17) is 17.3 Å². The number of nitrogens with zero attached hydrogens (tertiary/aromatic N) is 3. The molecule has 2 heterocycles. The predicted molar refractivity (Wildman–Crippen MR) is 126 cm³/mol. The molecule has 6 heteroatoms. The minimum Gasteiger partial charge on any atom is -0.399 e. The number of benzene rings is 2. The third kappa shape index (κ3) is 7.46. The minimum atomic E-state index is 0.242. The van der Waals surface area contributed by atoms with E-state index in [9.17, 15) is 4.79 Å². The van der Waals surface area contributed by atoms with E-state index in [0.717, 1.165) is 43.6 Å². The van der Waals surface area contributed by atoms with E-state index < -0.39 is 0 Å². The maximum absolute atomic E-state index is 12.3. The number of piperidine rings is 1. The largest absolute Gasteiger partial charge is 0.399 e. The van der Waals surface area contributed by atoms with Crippen LogP contribution in [0.25, 0.3) is 0 Å². The van der Waals surface area contributed by atoms with Gasteiger partial charge in [0.15, 0.2) is 5.78 Å². The molecular weight excluding hydrogens is 408 g/mol. The molecule has 5 nitrogen and oxygen atoms in total. The summed E-state index contributed by atoms with van der Waals surface area (Å²) in [5.74, 6) is 0.749. The first-order valence-electron chi connectivity index (χ1n) is 10.6. The highest BCUT2D eigenvalue weighted by atomic mass is 35.5. The van der Waals surface area contributed by atoms with Gasteiger partial charge < -0.3 is 5.73 Å². The third-order valence-electron chi connectivity index (χ3n) is 5.49. The summed E-state index contributed by atoms with van der Waals surface area (Å²) in [6, 6.07) is 17.9. The first kappa shape index (κ1) is 22.9. The second kappa shape index (κ2) is 11.6. The van der Waals surface area contributed by atoms with Crippen molar-refractivity contribution in [2.24, 2.45) is 5.92 Å². The lowest BCUT2D eigenvalue weighted by Crippen LogP contribution is -2.33. The van der Waals surface area contributed by atoms with Crippen LogP contribution in [0.1, 0.15) is 40.7 Å². The normalized spacial score (nSPS) is 14.5. The molecule has 3 aromatic rings. The number of hydrogen-bond acceptors (Lipinski definition) is 5. The number of hydrogen-bond donors (Lipinski definition) is 1. The zero-order valence-electron chi connectivity index (χ0n) is 17.9. The zero-order valence-corrected chi connectivity index (χ0v) is 18.6. The van der Waals surface area contributed by atoms with Gasteiger partial charge in [0, 0.05) is 36.0 Å². The number of nitrogens with two attached hydrogens (primary N) is 1. The second-order valence-corrected chi connectivity index (χ2v) is 8.31. The van der Waals surface area contributed by atoms with E-state index in [1.54, 1.807) is 18.3 Å². The summed E-state index contributed by atoms with van der Waals surface area (Å²) < 4.78 is 0. The van der Waals surface area contributed by atoms with Crippen molar-refractivity contribution >= 4 is 23.1 Å². The molecule has 0 aliphatic carbocycles. The van der Waals surface area contributed by atoms with Crippen LogP contribution in [-0.2, 0) is 6.54 Å². The average Bonchev–Trinajstić information content (AvgIpc) is 2.79. The van der Waals surface area contributed by atoms with Gasteiger partial charge in [-0.25, -0.2) is 9.97 Å². The monoisotopic (exact) mass is 436 g/mol. The van der Waals surface area contributed by atoms with E-state index in [2.05, 4.69) is 45.2 Å². The summed E-state index contributed by atoms with van der Waals surface area (Å²) in [5.41, 5.74) is 9.44. The lowest BCUT2D eigenvalue weighted by Gasteiger charge is -2.31. The van der Waals surface area contributed by atoms with Crippen LogP contribution in [-0.4, -0.2) is 33.7 Å². The Labute approximate surface area is 189 Å². The molecule has 0 atom stereocenters. The number of aromatic nitrogens is 2. The number of rotatable bonds is 5. The molecule has 0 unspecified atom stereocenters. The number of carbonyl (C=O) groups excluding carboxylic acids is 1. The summed E-state index contributed by atoms with van der Waals surface area (Å²) in [6.07, 6.45) is 5.97. The number of anilines is 1. The molecule has 1 saturated heterocycles. The Kier molecular flexibility index (Phi) is 8.56. The van der Waals surface area contributed by atoms with Gasteiger partial charge in [-0.1, -0.05) is 41.9 Å². The number of nitrogen functional groups attached to an aromatic ring is 1. The molecule has 31 heavy (non-hydrogen) atoms. The van der Waals surface area contributed by atoms with Crippen molar-refractivity contribution in [3.8, 4) is 0 Å². The van der Waals surface area contributed by atoms with Crippen LogP contribution in [0.2, 0.25) is 5.15 Å². The minimum absolute atomic E-state index is 0.242. The number of ketones is 1. The summed E-state index contributed by atoms with van der Waals surface area (Å²) >= 11 is 5.56. The summed E-state index contributed by atoms with van der Waals surface area (Å²) in [7, 11) is 0. The molecular formula is C25H29ClN4O. The first-order valence-corrected chi connectivity index (χ1v) is 11.0. The zero-order chi connectivity index (χ0) is 22.1. The van der Waals surface area contributed by atoms with Gasteiger partial charge in [0.2, 0.25) is 0 Å². The number of aryl methyl sites for hydroxylation is 1. The van der Waals surface area contributed by atoms with E-state index in [-0.39, 0.29) is 5.78 Å². The van der Waals surface area contributed by atoms with Crippen LogP contribution >= 0.6 is 11.6 Å². The van der Waals surface area contributed by atoms with Crippen molar-refractivity contribution in [1.29, 1.82) is 0 Å². The van der Waals surface area contributed by atoms with Gasteiger partial charge in [-0.2, -0.15) is 0 Å². The van der Waals surface area contributed by atoms with Crippen molar-refractivity contribution in [2.45, 2.75) is 32.7 Å². The van der Waals surface area contributed by atoms with Gasteiger partial charge in [-0.15, -0.1) is 0 Å². The molecule has 1 aliphatic heterocycles. The summed E-state index contributed by atoms with van der Waals surface area (Å²) in [6.45, 7) is 5.03. The van der Waals surface area contributed by atoms with E-state index in [0.29, 0.717) is 23.2 Å². The lowest BCUT2D eigenvalue weighted by molar-refractivity contribution is 0.0925. The standard InChI is InChI=1S/C20H24N2O.C5H5ClN2/c21-19-8-6-18(7-9-19)20(23)14-16-10-12-22(13-11-16)15-17-4-2-1-3-5-17;1-4-2-7-3-8-5(4)6/h1-9,16H,10-15,21H2;2-3H,1H3. The average molecular weight is 437 g/mol. The van der Waals surface area contributed by atoms with Crippen LogP contribution in [0.15, 0.2) is 67.1 Å². The van der Waals surface area contributed by atoms with Crippen molar-refractivity contribution in [3.63, 3.8) is 0 Å². The fourth-order valence-corrected chi connectivity index (χ4v) is 3.72. The summed E-state index contributed by atoms with van der Waals surface area (Å²) in [5, 5.41) is 0.528. The Morgan fingerprint density at radius 2 is 1.77 bits per heavy atom. The molecule has 0 radical (unpaired) electrons. The van der Waals surface area contributed by atoms with E-state index in [1.165, 1.54) is 11.9 Å². The number of carbonyl (C=O) groups is 1. The van der Waals surface area contributed by atoms with Crippen molar-refractivity contribution in [1.82, 2.24) is 14.9 Å². The number of likely N-dealkylation sites (tertiary alicyclic amines) is 1. The molecule has 0 amide bonds. The van der Waals surface area contributed by atoms with Crippen LogP contribution in [0.4, 0.5) is 5.69 Å². The van der Waals surface area contributed by atoms with Crippen LogP contribution in [0, 0.1) is 12.8 Å². The Hall–Kier alpha value is -2.76. The Balaban J connectivity index is 0.000000287. The smallest absolute Gasteiger partial charge is 0.163 e. The highest BCUT2D eigenvalue weighted by molar-refractivity contribution is 6.30. The highest BCUT2D eigenvalue weighted by Gasteiger charge is 2.22. The lowest BCUT2D eigenvalue weighted by atomic mass is 9.89. The van der Waals surface area contributed by atoms with Gasteiger partial charge in [0.1, 0.15) is 11.5 Å². The van der Waals surface area contributed by atoms with E-state index in [1.807, 2.05) is 19.1 Å². The van der Waals surface area contributed by atoms with Crippen LogP contribution < -0.4 is 5.73 Å². The maximum atomic E-state index is 12.3. The highest BCUT2D eigenvalue weighted by Crippen LogP contribution is 2.24. The molecule has 162 valence electrons. The maximum Gasteiger partial charge on any atom is 0.163 e. The van der Waals surface area contributed by atoms with Crippen molar-refractivity contribution < 1.29 is 4.79 Å². The Morgan fingerprint density at radius 1 is 1.10 bits per heavy atom. The fraction of sp³-hybridized carbons (Fsp3) is 0.320. The Bertz CT molecular complexity index is 934. The molecule has 2 aromatic carbocycles. The molecule has 2 N–H and O–H groups in total. The summed E-state index contributed by atoms with van der Waals surface area (Å²) in [4.78, 5) is 22.3. The van der Waals surface area contributed by atoms with Crippen LogP contribution in [0.3, 0.4) is 0 Å². The fourth-order valence-electron chi connectivity index (χ4n) is 3.62. The number of halogens is 1. The molecule has 0 saturated carbocycles. The van der Waals surface area contributed by atoms with Gasteiger partial charge in [-0.3, -0.25) is 9.69 Å². The molecule has 0 spiro atoms. The second-order valence-electron chi connectivity index (χ2n) is 7.95. The SMILES string of the molecule is Cc1cncnc1Cl.Nc1ccc(C(=O)CC2CCN(Cc3ccccc3)CC2)cc1. The molecule has 1 fully saturated rings. The molecule has 0 bridgehead atoms. The van der Waals surface area contributed by atoms with E-state index >= 15 is 0 Å². The van der Waals surface area contributed by atoms with Gasteiger partial charge in [0.05, 0.1) is 0 Å². The predicted octanol–water partition coefficient (Wildman–Crippen LogP) is 5.19. The number of Topliss-reactive ketones (excluding diaryl/α,β-unsaturated/α-hetero) is 1. The molecule has 1 aromatic heterocycles. The topological polar surface area (TPSA) is 72.1 Å². The first-order chi connectivity index (χ1) is 15.0. The van der Waals surface area contributed by atoms with Crippen LogP contribution in [0.5, 0.6) is 0 Å². The molecule has 4 rings (SSSR count).